The van der Waals surface area contributed by atoms with Crippen molar-refractivity contribution >= 4 is 17.0 Å². The van der Waals surface area contributed by atoms with E-state index in [0.717, 1.165) is 55.8 Å². The van der Waals surface area contributed by atoms with Gasteiger partial charge in [-0.25, -0.2) is 4.98 Å². The van der Waals surface area contributed by atoms with Gasteiger partial charge >= 0.3 is 0 Å². The number of nitrogens with one attached hydrogen (secondary N) is 2. The van der Waals surface area contributed by atoms with Gasteiger partial charge in [0.25, 0.3) is 0 Å². The SMILES string of the molecule is CN=C(NCCCn1c(C)nc2ccccc21)NCCN1CCC(C)CC1. The Labute approximate surface area is 163 Å². The number of benzene rings is 1. The standard InChI is InChI=1S/C21H34N6/c1-17-9-14-26(15-10-17)16-12-24-21(22-3)23-11-6-13-27-18(2)25-19-7-4-5-8-20(19)27/h4-5,7-8,17H,6,9-16H2,1-3H3,(H2,22,23,24). The molecule has 0 bridgehead atoms. The molecule has 0 aliphatic carbocycles. The second kappa shape index (κ2) is 9.74. The highest BCUT2D eigenvalue weighted by Crippen LogP contribution is 2.16. The summed E-state index contributed by atoms with van der Waals surface area (Å²) in [6.45, 7) is 10.8. The van der Waals surface area contributed by atoms with Gasteiger partial charge < -0.3 is 20.1 Å². The fourth-order valence-corrected chi connectivity index (χ4v) is 3.76. The van der Waals surface area contributed by atoms with E-state index >= 15 is 0 Å². The molecule has 6 nitrogen and oxygen atoms in total. The van der Waals surface area contributed by atoms with Crippen molar-refractivity contribution in [1.29, 1.82) is 0 Å². The maximum Gasteiger partial charge on any atom is 0.191 e. The maximum absolute atomic E-state index is 4.63. The number of imidazole rings is 1. The minimum absolute atomic E-state index is 0.889. The lowest BCUT2D eigenvalue weighted by molar-refractivity contribution is 0.195. The van der Waals surface area contributed by atoms with Gasteiger partial charge in [-0.15, -0.1) is 0 Å². The van der Waals surface area contributed by atoms with E-state index < -0.39 is 0 Å². The minimum atomic E-state index is 0.889. The number of hydrogen-bond donors (Lipinski definition) is 2. The van der Waals surface area contributed by atoms with Crippen LogP contribution in [-0.4, -0.2) is 60.2 Å². The van der Waals surface area contributed by atoms with Crippen molar-refractivity contribution in [3.05, 3.63) is 30.1 Å². The van der Waals surface area contributed by atoms with Crippen LogP contribution >= 0.6 is 0 Å². The molecule has 1 aliphatic rings. The number of aliphatic imine (C=N–C) groups is 1. The number of piperidine rings is 1. The van der Waals surface area contributed by atoms with Crippen molar-refractivity contribution in [2.45, 2.75) is 39.7 Å². The molecule has 1 aliphatic heterocycles. The summed E-state index contributed by atoms with van der Waals surface area (Å²) < 4.78 is 2.30. The monoisotopic (exact) mass is 370 g/mol. The smallest absolute Gasteiger partial charge is 0.191 e. The molecule has 0 atom stereocenters. The quantitative estimate of drug-likeness (QED) is 0.447. The lowest BCUT2D eigenvalue weighted by Gasteiger charge is -2.30. The van der Waals surface area contributed by atoms with E-state index in [2.05, 4.69) is 62.1 Å². The molecular weight excluding hydrogens is 336 g/mol. The largest absolute Gasteiger partial charge is 0.356 e. The van der Waals surface area contributed by atoms with Crippen LogP contribution in [0.3, 0.4) is 0 Å². The van der Waals surface area contributed by atoms with Gasteiger partial charge in [0.1, 0.15) is 5.82 Å². The molecule has 1 aromatic heterocycles. The zero-order valence-corrected chi connectivity index (χ0v) is 17.0. The van der Waals surface area contributed by atoms with Crippen molar-refractivity contribution < 1.29 is 0 Å². The zero-order valence-electron chi connectivity index (χ0n) is 17.0. The minimum Gasteiger partial charge on any atom is -0.356 e. The van der Waals surface area contributed by atoms with Gasteiger partial charge in [0.2, 0.25) is 0 Å². The van der Waals surface area contributed by atoms with E-state index in [1.54, 1.807) is 0 Å². The first-order valence-corrected chi connectivity index (χ1v) is 10.3. The molecule has 0 amide bonds. The molecule has 1 aromatic carbocycles. The lowest BCUT2D eigenvalue weighted by Crippen LogP contribution is -2.43. The van der Waals surface area contributed by atoms with Crippen molar-refractivity contribution in [2.24, 2.45) is 10.9 Å². The molecule has 0 saturated carbocycles. The van der Waals surface area contributed by atoms with Crippen LogP contribution in [-0.2, 0) is 6.54 Å². The molecule has 148 valence electrons. The van der Waals surface area contributed by atoms with Gasteiger partial charge in [-0.3, -0.25) is 4.99 Å². The Hall–Kier alpha value is -2.08. The molecule has 2 N–H and O–H groups in total. The van der Waals surface area contributed by atoms with Crippen molar-refractivity contribution in [2.75, 3.05) is 39.8 Å². The molecule has 2 heterocycles. The number of hydrogen-bond acceptors (Lipinski definition) is 3. The summed E-state index contributed by atoms with van der Waals surface area (Å²) in [5.41, 5.74) is 2.29. The van der Waals surface area contributed by atoms with Gasteiger partial charge in [0, 0.05) is 33.2 Å². The highest BCUT2D eigenvalue weighted by Gasteiger charge is 2.14. The Morgan fingerprint density at radius 2 is 1.89 bits per heavy atom. The zero-order chi connectivity index (χ0) is 19.1. The first-order valence-electron chi connectivity index (χ1n) is 10.3. The molecule has 1 fully saturated rings. The van der Waals surface area contributed by atoms with Gasteiger partial charge in [0.05, 0.1) is 11.0 Å². The summed E-state index contributed by atoms with van der Waals surface area (Å²) >= 11 is 0. The predicted molar refractivity (Wildman–Crippen MR) is 113 cm³/mol. The van der Waals surface area contributed by atoms with Crippen molar-refractivity contribution in [3.8, 4) is 0 Å². The number of para-hydroxylation sites is 2. The normalized spacial score (nSPS) is 16.8. The topological polar surface area (TPSA) is 57.5 Å². The summed E-state index contributed by atoms with van der Waals surface area (Å²) in [4.78, 5) is 11.5. The molecule has 1 saturated heterocycles. The van der Waals surface area contributed by atoms with Crippen LogP contribution in [0.15, 0.2) is 29.3 Å². The third-order valence-corrected chi connectivity index (χ3v) is 5.52. The highest BCUT2D eigenvalue weighted by atomic mass is 15.2. The van der Waals surface area contributed by atoms with E-state index in [4.69, 9.17) is 0 Å². The predicted octanol–water partition coefficient (Wildman–Crippen LogP) is 2.63. The van der Waals surface area contributed by atoms with E-state index in [1.165, 1.54) is 31.4 Å². The third-order valence-electron chi connectivity index (χ3n) is 5.52. The molecule has 27 heavy (non-hydrogen) atoms. The van der Waals surface area contributed by atoms with Gasteiger partial charge in [-0.1, -0.05) is 19.1 Å². The average molecular weight is 371 g/mol. The van der Waals surface area contributed by atoms with E-state index in [9.17, 15) is 0 Å². The van der Waals surface area contributed by atoms with Crippen LogP contribution in [0.1, 0.15) is 32.0 Å². The van der Waals surface area contributed by atoms with Crippen molar-refractivity contribution in [1.82, 2.24) is 25.1 Å². The Morgan fingerprint density at radius 1 is 1.15 bits per heavy atom. The first-order chi connectivity index (χ1) is 13.2. The molecule has 0 radical (unpaired) electrons. The second-order valence-electron chi connectivity index (χ2n) is 7.60. The number of aromatic nitrogens is 2. The number of aryl methyl sites for hydroxylation is 2. The van der Waals surface area contributed by atoms with Gasteiger partial charge in [-0.2, -0.15) is 0 Å². The van der Waals surface area contributed by atoms with E-state index in [1.807, 2.05) is 13.1 Å². The Kier molecular flexibility index (Phi) is 7.10. The summed E-state index contributed by atoms with van der Waals surface area (Å²) in [7, 11) is 1.84. The summed E-state index contributed by atoms with van der Waals surface area (Å²) in [5, 5.41) is 6.87. The molecule has 0 unspecified atom stereocenters. The molecular formula is C21H34N6. The molecule has 6 heteroatoms. The van der Waals surface area contributed by atoms with E-state index in [0.29, 0.717) is 0 Å². The van der Waals surface area contributed by atoms with Crippen LogP contribution in [0.25, 0.3) is 11.0 Å². The van der Waals surface area contributed by atoms with Crippen LogP contribution in [0.5, 0.6) is 0 Å². The number of likely N-dealkylation sites (tertiary alicyclic amines) is 1. The molecule has 0 spiro atoms. The Balaban J connectivity index is 1.36. The second-order valence-corrected chi connectivity index (χ2v) is 7.60. The first kappa shape index (κ1) is 19.7. The third kappa shape index (κ3) is 5.45. The Morgan fingerprint density at radius 3 is 2.67 bits per heavy atom. The van der Waals surface area contributed by atoms with E-state index in [-0.39, 0.29) is 0 Å². The number of guanidine groups is 1. The fraction of sp³-hybridized carbons (Fsp3) is 0.619. The maximum atomic E-state index is 4.63. The van der Waals surface area contributed by atoms with Crippen LogP contribution in [0.4, 0.5) is 0 Å². The van der Waals surface area contributed by atoms with Crippen LogP contribution in [0, 0.1) is 12.8 Å². The molecule has 3 rings (SSSR count). The molecule has 2 aromatic rings. The summed E-state index contributed by atoms with van der Waals surface area (Å²) in [6.07, 6.45) is 3.69. The van der Waals surface area contributed by atoms with Crippen LogP contribution in [0.2, 0.25) is 0 Å². The highest BCUT2D eigenvalue weighted by molar-refractivity contribution is 5.79. The fourth-order valence-electron chi connectivity index (χ4n) is 3.76. The Bertz CT molecular complexity index is 742. The summed E-state index contributed by atoms with van der Waals surface area (Å²) in [5.74, 6) is 2.86. The van der Waals surface area contributed by atoms with Gasteiger partial charge in [-0.05, 0) is 57.3 Å². The lowest BCUT2D eigenvalue weighted by atomic mass is 9.99. The average Bonchev–Trinajstić information content (AvgIpc) is 3.00. The van der Waals surface area contributed by atoms with Crippen molar-refractivity contribution in [3.63, 3.8) is 0 Å². The number of nitrogens with zero attached hydrogens (tertiary/aromatic N) is 4. The number of fused-ring (bicyclic) bond motifs is 1. The number of rotatable bonds is 7. The van der Waals surface area contributed by atoms with Gasteiger partial charge in [0.15, 0.2) is 5.96 Å². The van der Waals surface area contributed by atoms with Crippen LogP contribution < -0.4 is 10.6 Å². The summed E-state index contributed by atoms with van der Waals surface area (Å²) in [6, 6.07) is 8.34.